The van der Waals surface area contributed by atoms with Gasteiger partial charge in [0.2, 0.25) is 70.9 Å². The average molecular weight is 1120 g/mol. The Balaban J connectivity index is 2.91. The number of aliphatic carboxylic acids is 4. The number of nitrogens with two attached hydrogens (primary N) is 2. The van der Waals surface area contributed by atoms with Crippen LogP contribution in [0.2, 0.25) is 0 Å². The molecule has 0 unspecified atom stereocenters. The molecule has 1 rings (SSSR count). The molecule has 0 saturated carbocycles. The molecular weight excluding hydrogens is 1040 g/mol. The molecule has 0 spiro atoms. The summed E-state index contributed by atoms with van der Waals surface area (Å²) in [5, 5.41) is 61.0. The number of unbranched alkanes of at least 4 members (excludes halogenated alkanes) is 1. The van der Waals surface area contributed by atoms with E-state index in [1.54, 1.807) is 0 Å². The van der Waals surface area contributed by atoms with Gasteiger partial charge < -0.3 is 95.3 Å². The van der Waals surface area contributed by atoms with Crippen molar-refractivity contribution in [3.8, 4) is 0 Å². The Morgan fingerprint density at radius 2 is 0.897 bits per heavy atom. The molecule has 1 saturated heterocycles. The minimum Gasteiger partial charge on any atom is -0.481 e. The van der Waals surface area contributed by atoms with Crippen molar-refractivity contribution in [2.45, 2.75) is 133 Å². The van der Waals surface area contributed by atoms with Gasteiger partial charge in [0.05, 0.1) is 32.6 Å². The molecule has 34 nitrogen and oxygen atoms in total. The fraction of sp³-hybridized carbons (Fsp3) is 0.636. The summed E-state index contributed by atoms with van der Waals surface area (Å²) in [5.74, 6) is -17.1. The number of amides is 12. The molecule has 1 aliphatic heterocycles. The van der Waals surface area contributed by atoms with Crippen molar-refractivity contribution in [3.63, 3.8) is 0 Å². The zero-order chi connectivity index (χ0) is 59.2. The average Bonchev–Trinajstić information content (AvgIpc) is 3.87. The first-order valence-corrected chi connectivity index (χ1v) is 24.4. The van der Waals surface area contributed by atoms with E-state index in [0.29, 0.717) is 25.8 Å². The van der Waals surface area contributed by atoms with Crippen LogP contribution in [-0.4, -0.2) is 214 Å². The standard InChI is InChI=1S/C44H70N14O20/c1-21(37(71)47-17-29(59)51-23(3)39(73)56-25(9-11-33(63)64)40(74)50-20-36(69)70)52-42(76)26(10-12-34(65)66)55-31(61)19-49-41(75)27(15-35(67)68)57-43(77)24(7-4-5-13-45)54-30(60)18-48-38(72)22(2)53-44(78)28-8-6-14-58(28)32(62)16-46/h21-28H,4-20,45-46H2,1-3H3,(H,47,71)(H,48,72)(H,49,75)(H,50,74)(H,51,59)(H,52,76)(H,53,78)(H,54,60)(H,55,61)(H,56,73)(H,57,77)(H,63,64)(H,65,66)(H,67,68)(H,69,70)/t21-,22-,23-,24-,25-,26-,27-,28-/m0/s1. The maximum Gasteiger partial charge on any atom is 0.322 e. The smallest absolute Gasteiger partial charge is 0.322 e. The predicted octanol–water partition coefficient (Wildman–Crippen LogP) is -8.73. The fourth-order valence-electron chi connectivity index (χ4n) is 7.06. The maximum absolute atomic E-state index is 13.5. The van der Waals surface area contributed by atoms with Gasteiger partial charge in [0.1, 0.15) is 54.9 Å². The van der Waals surface area contributed by atoms with Crippen LogP contribution in [0.4, 0.5) is 0 Å². The lowest BCUT2D eigenvalue weighted by Gasteiger charge is -2.25. The van der Waals surface area contributed by atoms with Gasteiger partial charge >= 0.3 is 23.9 Å². The van der Waals surface area contributed by atoms with Gasteiger partial charge in [-0.1, -0.05) is 0 Å². The maximum atomic E-state index is 13.5. The minimum atomic E-state index is -1.88. The SMILES string of the molecule is C[C@H](NC(=O)CNC(=O)[C@H](C)NC(=O)[C@H](CCC(=O)O)NC(=O)CNC(=O)[C@H](CC(=O)O)NC(=O)[C@H](CCCCN)NC(=O)CNC(=O)[C@H](C)NC(=O)[C@@H]1CCCN1C(=O)CN)C(=O)N[C@@H](CCC(=O)O)C(=O)NCC(=O)O. The van der Waals surface area contributed by atoms with Crippen molar-refractivity contribution >= 4 is 94.8 Å². The van der Waals surface area contributed by atoms with E-state index >= 15 is 0 Å². The lowest BCUT2D eigenvalue weighted by Crippen LogP contribution is -2.57. The highest BCUT2D eigenvalue weighted by atomic mass is 16.4. The van der Waals surface area contributed by atoms with Crippen LogP contribution in [-0.2, 0) is 76.7 Å². The summed E-state index contributed by atoms with van der Waals surface area (Å²) in [6.45, 7) is 0.494. The minimum absolute atomic E-state index is 0.0858. The number of hydrogen-bond donors (Lipinski definition) is 17. The second-order valence-corrected chi connectivity index (χ2v) is 17.6. The lowest BCUT2D eigenvalue weighted by atomic mass is 10.1. The number of carboxylic acid groups (broad SMARTS) is 4. The van der Waals surface area contributed by atoms with Gasteiger partial charge in [0.15, 0.2) is 0 Å². The number of carboxylic acids is 4. The van der Waals surface area contributed by atoms with Crippen molar-refractivity contribution < 1.29 is 97.1 Å². The van der Waals surface area contributed by atoms with E-state index in [1.807, 2.05) is 5.32 Å². The number of nitrogens with zero attached hydrogens (tertiary/aromatic N) is 1. The summed E-state index contributed by atoms with van der Waals surface area (Å²) >= 11 is 0. The molecule has 8 atom stereocenters. The lowest BCUT2D eigenvalue weighted by molar-refractivity contribution is -0.141. The van der Waals surface area contributed by atoms with Gasteiger partial charge in [-0.2, -0.15) is 0 Å². The fourth-order valence-corrected chi connectivity index (χ4v) is 7.06. The van der Waals surface area contributed by atoms with E-state index in [-0.39, 0.29) is 25.9 Å². The van der Waals surface area contributed by atoms with Crippen molar-refractivity contribution in [2.75, 3.05) is 45.8 Å². The first-order chi connectivity index (χ1) is 36.6. The second kappa shape index (κ2) is 34.9. The highest BCUT2D eigenvalue weighted by Gasteiger charge is 2.35. The monoisotopic (exact) mass is 1110 g/mol. The van der Waals surface area contributed by atoms with E-state index in [9.17, 15) is 86.9 Å². The topological polar surface area (TPSA) is 542 Å². The number of carbonyl (C=O) groups excluding carboxylic acids is 12. The number of rotatable bonds is 36. The molecule has 0 bridgehead atoms. The first-order valence-electron chi connectivity index (χ1n) is 24.4. The highest BCUT2D eigenvalue weighted by Crippen LogP contribution is 2.17. The largest absolute Gasteiger partial charge is 0.481 e. The third kappa shape index (κ3) is 26.3. The highest BCUT2D eigenvalue weighted by molar-refractivity contribution is 5.98. The molecule has 1 fully saturated rings. The zero-order valence-electron chi connectivity index (χ0n) is 43.1. The van der Waals surface area contributed by atoms with Gasteiger partial charge in [-0.05, 0) is 72.3 Å². The molecule has 19 N–H and O–H groups in total. The van der Waals surface area contributed by atoms with Crippen molar-refractivity contribution in [3.05, 3.63) is 0 Å². The van der Waals surface area contributed by atoms with Gasteiger partial charge in [-0.15, -0.1) is 0 Å². The van der Waals surface area contributed by atoms with Crippen LogP contribution in [0.1, 0.15) is 85.0 Å². The Kier molecular flexibility index (Phi) is 30.2. The van der Waals surface area contributed by atoms with Gasteiger partial charge in [0.25, 0.3) is 0 Å². The zero-order valence-corrected chi connectivity index (χ0v) is 43.1. The van der Waals surface area contributed by atoms with Crippen molar-refractivity contribution in [2.24, 2.45) is 11.5 Å². The third-order valence-electron chi connectivity index (χ3n) is 11.2. The number of carbonyl (C=O) groups is 16. The molecule has 1 heterocycles. The summed E-state index contributed by atoms with van der Waals surface area (Å²) in [6.07, 6.45) is -1.94. The van der Waals surface area contributed by atoms with Crippen molar-refractivity contribution in [1.29, 1.82) is 0 Å². The molecule has 0 aliphatic carbocycles. The Morgan fingerprint density at radius 1 is 0.462 bits per heavy atom. The van der Waals surface area contributed by atoms with Crippen LogP contribution in [0.25, 0.3) is 0 Å². The summed E-state index contributed by atoms with van der Waals surface area (Å²) in [7, 11) is 0. The Morgan fingerprint density at radius 3 is 1.40 bits per heavy atom. The van der Waals surface area contributed by atoms with Crippen molar-refractivity contribution in [1.82, 2.24) is 63.4 Å². The number of hydrogen-bond acceptors (Lipinski definition) is 18. The van der Waals surface area contributed by atoms with Crippen LogP contribution in [0.3, 0.4) is 0 Å². The van der Waals surface area contributed by atoms with Crippen LogP contribution in [0, 0.1) is 0 Å². The number of likely N-dealkylation sites (tertiary alicyclic amines) is 1. The van der Waals surface area contributed by atoms with E-state index in [0.717, 1.165) is 6.92 Å². The Hall–Kier alpha value is -8.56. The summed E-state index contributed by atoms with van der Waals surface area (Å²) in [4.78, 5) is 200. The molecule has 0 aromatic carbocycles. The normalized spacial score (nSPS) is 15.3. The molecular formula is C44H70N14O20. The van der Waals surface area contributed by atoms with E-state index in [4.69, 9.17) is 21.7 Å². The molecule has 0 aromatic rings. The Labute approximate surface area is 445 Å². The molecule has 34 heteroatoms. The van der Waals surface area contributed by atoms with E-state index in [1.165, 1.54) is 18.7 Å². The first kappa shape index (κ1) is 67.5. The number of nitrogens with one attached hydrogen (secondary N) is 11. The molecule has 78 heavy (non-hydrogen) atoms. The van der Waals surface area contributed by atoms with Crippen LogP contribution >= 0.6 is 0 Å². The van der Waals surface area contributed by atoms with Crippen LogP contribution < -0.4 is 70.0 Å². The summed E-state index contributed by atoms with van der Waals surface area (Å²) in [5.41, 5.74) is 11.0. The van der Waals surface area contributed by atoms with Gasteiger partial charge in [-0.25, -0.2) is 0 Å². The molecule has 0 aromatic heterocycles. The van der Waals surface area contributed by atoms with Crippen LogP contribution in [0.15, 0.2) is 0 Å². The molecule has 436 valence electrons. The molecule has 1 aliphatic rings. The second-order valence-electron chi connectivity index (χ2n) is 17.6. The van der Waals surface area contributed by atoms with E-state index < -0.39 is 201 Å². The van der Waals surface area contributed by atoms with Gasteiger partial charge in [-0.3, -0.25) is 76.7 Å². The summed E-state index contributed by atoms with van der Waals surface area (Å²) < 4.78 is 0. The van der Waals surface area contributed by atoms with Crippen LogP contribution in [0.5, 0.6) is 0 Å². The van der Waals surface area contributed by atoms with E-state index in [2.05, 4.69) is 53.2 Å². The quantitative estimate of drug-likeness (QED) is 0.0259. The molecule has 12 amide bonds. The van der Waals surface area contributed by atoms with Gasteiger partial charge in [0, 0.05) is 19.4 Å². The predicted molar refractivity (Wildman–Crippen MR) is 263 cm³/mol. The third-order valence-corrected chi connectivity index (χ3v) is 11.2. The Bertz CT molecular complexity index is 2230. The molecule has 0 radical (unpaired) electrons. The summed E-state index contributed by atoms with van der Waals surface area (Å²) in [6, 6.07) is -11.3.